The van der Waals surface area contributed by atoms with Gasteiger partial charge in [-0.25, -0.2) is 0 Å². The molecular formula is C9H8Al4CoO9Zn. The van der Waals surface area contributed by atoms with Crippen LogP contribution in [-0.2, 0) is 57.9 Å². The van der Waals surface area contributed by atoms with Crippen LogP contribution in [0.1, 0.15) is 5.56 Å². The number of benzene rings is 1. The minimum atomic E-state index is -1.75. The smallest absolute Gasteiger partial charge is 2.00 e. The van der Waals surface area contributed by atoms with Crippen LogP contribution in [0.2, 0.25) is 0 Å². The maximum absolute atomic E-state index is 8.46. The molecule has 1 heterocycles. The number of hydrogen-bond acceptors (Lipinski definition) is 9. The molecule has 0 bridgehead atoms. The number of fused-ring (bicyclic) bond motifs is 1. The van der Waals surface area contributed by atoms with Gasteiger partial charge in [-0.15, -0.1) is 0 Å². The van der Waals surface area contributed by atoms with Gasteiger partial charge >= 0.3 is 130 Å². The zero-order valence-corrected chi connectivity index (χ0v) is 20.8. The van der Waals surface area contributed by atoms with E-state index in [0.717, 1.165) is 12.2 Å². The van der Waals surface area contributed by atoms with E-state index in [1.165, 1.54) is 5.56 Å². The third-order valence-electron chi connectivity index (χ3n) is 1.60. The molecule has 0 aromatic heterocycles. The van der Waals surface area contributed by atoms with Crippen LogP contribution in [0.25, 0.3) is 0 Å². The second-order valence-corrected chi connectivity index (χ2v) is 3.46. The van der Waals surface area contributed by atoms with Crippen molar-refractivity contribution in [1.29, 1.82) is 0 Å². The zero-order valence-electron chi connectivity index (χ0n) is 12.2. The molecule has 1 aliphatic rings. The number of hydrogen-bond donors (Lipinski definition) is 0. The van der Waals surface area contributed by atoms with Crippen molar-refractivity contribution in [2.45, 2.75) is 6.42 Å². The molecule has 0 amide bonds. The average Bonchev–Trinajstić information content (AvgIpc) is 2.51. The first-order chi connectivity index (χ1) is 10.6. The molecule has 24 heavy (non-hydrogen) atoms. The Morgan fingerprint density at radius 2 is 1.21 bits per heavy atom. The van der Waals surface area contributed by atoms with Gasteiger partial charge in [0.15, 0.2) is 0 Å². The Bertz CT molecular complexity index is 402. The Hall–Kier alpha value is 0.420. The summed E-state index contributed by atoms with van der Waals surface area (Å²) in [6, 6.07) is 8.08. The Labute approximate surface area is 187 Å². The molecule has 2 rings (SSSR count). The summed E-state index contributed by atoms with van der Waals surface area (Å²) in [6.07, 6.45) is 4.75. The molecule has 1 radical (unpaired) electrons. The van der Waals surface area contributed by atoms with Gasteiger partial charge in [0.25, 0.3) is 0 Å². The van der Waals surface area contributed by atoms with Gasteiger partial charge in [0.2, 0.25) is 0 Å². The van der Waals surface area contributed by atoms with Crippen LogP contribution in [0.5, 0.6) is 5.75 Å². The molecule has 0 aliphatic carbocycles. The van der Waals surface area contributed by atoms with Crippen molar-refractivity contribution in [2.75, 3.05) is 0 Å². The summed E-state index contributed by atoms with van der Waals surface area (Å²) in [5.41, 5.74) is 1.27. The van der Waals surface area contributed by atoms with Crippen LogP contribution in [0.3, 0.4) is 0 Å². The fourth-order valence-corrected chi connectivity index (χ4v) is 1.08. The van der Waals surface area contributed by atoms with Crippen molar-refractivity contribution >= 4 is 61.9 Å². The predicted octanol–water partition coefficient (Wildman–Crippen LogP) is -4.62. The summed E-state index contributed by atoms with van der Waals surface area (Å²) >= 11 is -7.00. The van der Waals surface area contributed by atoms with Crippen LogP contribution in [0.15, 0.2) is 36.6 Å². The summed E-state index contributed by atoms with van der Waals surface area (Å²) in [5, 5.41) is 0. The van der Waals surface area contributed by atoms with E-state index in [2.05, 4.69) is 6.07 Å². The molecule has 1 aromatic rings. The van der Waals surface area contributed by atoms with Crippen LogP contribution < -0.4 is 21.4 Å². The molecule has 9 nitrogen and oxygen atoms in total. The molecule has 1 aromatic carbocycles. The Morgan fingerprint density at radius 3 is 1.58 bits per heavy atom. The van der Waals surface area contributed by atoms with Crippen LogP contribution >= 0.6 is 0 Å². The van der Waals surface area contributed by atoms with E-state index in [0.29, 0.717) is 0 Å². The second-order valence-electron chi connectivity index (χ2n) is 2.69. The van der Waals surface area contributed by atoms with Gasteiger partial charge in [-0.3, -0.25) is 0 Å². The van der Waals surface area contributed by atoms with Gasteiger partial charge in [0.1, 0.15) is 5.75 Å². The quantitative estimate of drug-likeness (QED) is 0.323. The Morgan fingerprint density at radius 1 is 0.833 bits per heavy atom. The van der Waals surface area contributed by atoms with E-state index in [1.54, 1.807) is 6.26 Å². The van der Waals surface area contributed by atoms with E-state index >= 15 is 0 Å². The van der Waals surface area contributed by atoms with Crippen molar-refractivity contribution in [3.63, 3.8) is 0 Å². The van der Waals surface area contributed by atoms with Crippen LogP contribution in [0, 0.1) is 0 Å². The standard InChI is InChI=1S/C9H8O.4Al.Co.8O.Zn/c1-2-6-9-8(4-1)5-3-7-10-9;;;;;;;;;;;;;;/h1-4,6-7H,5H2;;;;;;;;;;;;;;/q;;;;;+2;;;;;4*-1;+2. The van der Waals surface area contributed by atoms with Crippen LogP contribution in [0.4, 0.5) is 0 Å². The minimum absolute atomic E-state index is 0. The fraction of sp³-hybridized carbons (Fsp3) is 0.111. The van der Waals surface area contributed by atoms with Gasteiger partial charge in [-0.2, -0.15) is 0 Å². The SMILES string of the molecule is C1=COc2ccccc2C1.[Co+2].[O]=[Al][O-].[O]=[Al][O-].[O]=[Al][O-].[O]=[Al][O-].[Zn+2]. The predicted molar refractivity (Wildman–Crippen MR) is 65.7 cm³/mol. The topological polar surface area (TPSA) is 170 Å². The van der Waals surface area contributed by atoms with E-state index in [4.69, 9.17) is 36.6 Å². The van der Waals surface area contributed by atoms with Crippen molar-refractivity contribution in [3.8, 4) is 5.75 Å². The molecule has 121 valence electrons. The third kappa shape index (κ3) is 30.3. The molecule has 1 aliphatic heterocycles. The fourth-order valence-electron chi connectivity index (χ4n) is 1.08. The number of ether oxygens (including phenoxy) is 1. The number of rotatable bonds is 0. The number of allylic oxidation sites excluding steroid dienone is 1. The maximum atomic E-state index is 8.46. The van der Waals surface area contributed by atoms with Gasteiger partial charge in [0, 0.05) is 0 Å². The van der Waals surface area contributed by atoms with Gasteiger partial charge in [-0.1, -0.05) is 18.2 Å². The van der Waals surface area contributed by atoms with Gasteiger partial charge < -0.3 is 4.74 Å². The molecular weight excluding hydrogens is 484 g/mol. The van der Waals surface area contributed by atoms with E-state index in [9.17, 15) is 0 Å². The zero-order chi connectivity index (χ0) is 17.6. The van der Waals surface area contributed by atoms with Crippen molar-refractivity contribution in [1.82, 2.24) is 0 Å². The second kappa shape index (κ2) is 34.7. The maximum Gasteiger partial charge on any atom is 2.00 e. The van der Waals surface area contributed by atoms with Crippen molar-refractivity contribution in [3.05, 3.63) is 42.2 Å². The third-order valence-corrected chi connectivity index (χ3v) is 1.60. The minimum Gasteiger partial charge on any atom is 2.00 e. The molecule has 0 atom stereocenters. The molecule has 0 saturated carbocycles. The average molecular weight is 492 g/mol. The summed E-state index contributed by atoms with van der Waals surface area (Å²) in [4.78, 5) is 0. The largest absolute Gasteiger partial charge is 2.00 e. The Balaban J connectivity index is -0.0000000739. The summed E-state index contributed by atoms with van der Waals surface area (Å²) in [7, 11) is 0. The first-order valence-corrected chi connectivity index (χ1v) is 9.02. The monoisotopic (exact) mass is 491 g/mol. The van der Waals surface area contributed by atoms with Crippen LogP contribution in [-0.4, -0.2) is 61.9 Å². The van der Waals surface area contributed by atoms with Crippen molar-refractivity contribution in [2.24, 2.45) is 0 Å². The molecule has 0 spiro atoms. The number of para-hydroxylation sites is 1. The normalized spacial score (nSPS) is 7.17. The van der Waals surface area contributed by atoms with E-state index in [1.807, 2.05) is 24.3 Å². The van der Waals surface area contributed by atoms with Gasteiger partial charge in [0.05, 0.1) is 6.26 Å². The first kappa shape index (κ1) is 35.5. The summed E-state index contributed by atoms with van der Waals surface area (Å²) in [6.45, 7) is 0. The first-order valence-electron chi connectivity index (χ1n) is 5.25. The van der Waals surface area contributed by atoms with E-state index in [-0.39, 0.29) is 36.3 Å². The molecule has 0 unspecified atom stereocenters. The summed E-state index contributed by atoms with van der Waals surface area (Å²) in [5.74, 6) is 0.991. The Kier molecular flexibility index (Phi) is 51.3. The van der Waals surface area contributed by atoms with Gasteiger partial charge in [-0.05, 0) is 24.1 Å². The summed E-state index contributed by atoms with van der Waals surface area (Å²) < 4.78 is 72.9. The molecule has 0 fully saturated rings. The molecule has 0 N–H and O–H groups in total. The molecule has 0 saturated heterocycles. The molecule has 15 heteroatoms. The van der Waals surface area contributed by atoms with E-state index < -0.39 is 61.9 Å². The van der Waals surface area contributed by atoms with Crippen molar-refractivity contribution < 1.29 is 72.8 Å².